The van der Waals surface area contributed by atoms with Gasteiger partial charge in [-0.15, -0.1) is 0 Å². The first-order valence-electron chi connectivity index (χ1n) is 6.85. The summed E-state index contributed by atoms with van der Waals surface area (Å²) in [6.45, 7) is 0.721. The molecule has 3 heterocycles. The molecule has 0 radical (unpaired) electrons. The van der Waals surface area contributed by atoms with Crippen LogP contribution in [0.2, 0.25) is 0 Å². The van der Waals surface area contributed by atoms with Gasteiger partial charge in [0, 0.05) is 37.8 Å². The lowest BCUT2D eigenvalue weighted by molar-refractivity contribution is -0.145. The lowest BCUT2D eigenvalue weighted by Gasteiger charge is -2.27. The molecule has 122 valence electrons. The largest absolute Gasteiger partial charge is 0.449 e. The Morgan fingerprint density at radius 2 is 2.13 bits per heavy atom. The van der Waals surface area contributed by atoms with Gasteiger partial charge in [-0.25, -0.2) is 9.97 Å². The van der Waals surface area contributed by atoms with Crippen molar-refractivity contribution < 1.29 is 17.6 Å². The van der Waals surface area contributed by atoms with Crippen molar-refractivity contribution in [2.75, 3.05) is 6.54 Å². The van der Waals surface area contributed by atoms with Crippen molar-refractivity contribution in [2.24, 2.45) is 0 Å². The van der Waals surface area contributed by atoms with Crippen LogP contribution in [0.15, 0.2) is 23.1 Å². The smallest absolute Gasteiger partial charge is 0.303 e. The van der Waals surface area contributed by atoms with Crippen molar-refractivity contribution in [1.29, 1.82) is 0 Å². The number of rotatable bonds is 2. The number of fused-ring (bicyclic) bond motifs is 1. The highest BCUT2D eigenvalue weighted by molar-refractivity contribution is 5.22. The monoisotopic (exact) mass is 328 g/mol. The van der Waals surface area contributed by atoms with Crippen molar-refractivity contribution in [1.82, 2.24) is 19.9 Å². The Kier molecular flexibility index (Phi) is 3.88. The van der Waals surface area contributed by atoms with Crippen LogP contribution >= 0.6 is 0 Å². The van der Waals surface area contributed by atoms with E-state index in [2.05, 4.69) is 9.97 Å². The summed E-state index contributed by atoms with van der Waals surface area (Å²) >= 11 is 0. The molecule has 0 unspecified atom stereocenters. The molecule has 0 saturated carbocycles. The van der Waals surface area contributed by atoms with E-state index in [0.717, 1.165) is 0 Å². The summed E-state index contributed by atoms with van der Waals surface area (Å²) in [6, 6.07) is 3.17. The SMILES string of the molecule is O=c1[nH]c(C(F)(F)F)nc2c1CN(Cc1cccnc1F)CC2. The maximum Gasteiger partial charge on any atom is 0.449 e. The topological polar surface area (TPSA) is 61.9 Å². The average molecular weight is 328 g/mol. The standard InChI is InChI=1S/C14H12F4N4O/c15-11-8(2-1-4-19-11)6-22-5-3-10-9(7-22)12(23)21-13(20-10)14(16,17)18/h1-2,4H,3,5-7H2,(H,20,21,23). The Labute approximate surface area is 128 Å². The van der Waals surface area contributed by atoms with Gasteiger partial charge in [0.25, 0.3) is 5.56 Å². The molecule has 0 bridgehead atoms. The summed E-state index contributed by atoms with van der Waals surface area (Å²) in [4.78, 5) is 22.5. The van der Waals surface area contributed by atoms with Crippen LogP contribution in [0.4, 0.5) is 17.6 Å². The fourth-order valence-corrected chi connectivity index (χ4v) is 2.53. The predicted molar refractivity (Wildman–Crippen MR) is 71.9 cm³/mol. The molecule has 0 fully saturated rings. The number of pyridine rings is 1. The highest BCUT2D eigenvalue weighted by Gasteiger charge is 2.35. The van der Waals surface area contributed by atoms with Crippen molar-refractivity contribution in [3.05, 3.63) is 57.3 Å². The molecule has 0 spiro atoms. The quantitative estimate of drug-likeness (QED) is 0.675. The van der Waals surface area contributed by atoms with Crippen LogP contribution in [-0.4, -0.2) is 26.4 Å². The molecule has 0 aromatic carbocycles. The number of H-pyrrole nitrogens is 1. The Bertz CT molecular complexity index is 787. The van der Waals surface area contributed by atoms with Gasteiger partial charge in [-0.1, -0.05) is 6.07 Å². The molecule has 1 aliphatic rings. The van der Waals surface area contributed by atoms with Crippen LogP contribution in [0.3, 0.4) is 0 Å². The summed E-state index contributed by atoms with van der Waals surface area (Å²) in [7, 11) is 0. The third-order valence-electron chi connectivity index (χ3n) is 3.65. The van der Waals surface area contributed by atoms with Crippen LogP contribution in [0.25, 0.3) is 0 Å². The van der Waals surface area contributed by atoms with Crippen LogP contribution < -0.4 is 5.56 Å². The van der Waals surface area contributed by atoms with Crippen molar-refractivity contribution in [3.63, 3.8) is 0 Å². The van der Waals surface area contributed by atoms with Gasteiger partial charge >= 0.3 is 6.18 Å². The van der Waals surface area contributed by atoms with Gasteiger partial charge < -0.3 is 4.98 Å². The Balaban J connectivity index is 1.84. The molecule has 9 heteroatoms. The first-order chi connectivity index (χ1) is 10.8. The Morgan fingerprint density at radius 3 is 2.83 bits per heavy atom. The van der Waals surface area contributed by atoms with Gasteiger partial charge in [0.15, 0.2) is 0 Å². The zero-order chi connectivity index (χ0) is 16.6. The van der Waals surface area contributed by atoms with Gasteiger partial charge in [-0.3, -0.25) is 9.69 Å². The van der Waals surface area contributed by atoms with E-state index in [1.54, 1.807) is 22.0 Å². The van der Waals surface area contributed by atoms with Crippen molar-refractivity contribution in [2.45, 2.75) is 25.7 Å². The third-order valence-corrected chi connectivity index (χ3v) is 3.65. The maximum absolute atomic E-state index is 13.6. The van der Waals surface area contributed by atoms with Crippen LogP contribution in [0.5, 0.6) is 0 Å². The molecule has 0 atom stereocenters. The molecule has 0 amide bonds. The predicted octanol–water partition coefficient (Wildman–Crippen LogP) is 1.88. The molecular formula is C14H12F4N4O. The molecule has 2 aromatic heterocycles. The summed E-state index contributed by atoms with van der Waals surface area (Å²) in [5.74, 6) is -1.88. The van der Waals surface area contributed by atoms with Crippen molar-refractivity contribution >= 4 is 0 Å². The molecule has 5 nitrogen and oxygen atoms in total. The summed E-state index contributed by atoms with van der Waals surface area (Å²) < 4.78 is 51.5. The molecular weight excluding hydrogens is 316 g/mol. The summed E-state index contributed by atoms with van der Waals surface area (Å²) in [5, 5.41) is 0. The highest BCUT2D eigenvalue weighted by Crippen LogP contribution is 2.26. The van der Waals surface area contributed by atoms with Gasteiger partial charge in [0.1, 0.15) is 0 Å². The van der Waals surface area contributed by atoms with Crippen LogP contribution in [-0.2, 0) is 25.7 Å². The van der Waals surface area contributed by atoms with Gasteiger partial charge in [0.2, 0.25) is 11.8 Å². The molecule has 3 rings (SSSR count). The number of hydrogen-bond donors (Lipinski definition) is 1. The Morgan fingerprint density at radius 1 is 1.35 bits per heavy atom. The second-order valence-electron chi connectivity index (χ2n) is 5.25. The van der Waals surface area contributed by atoms with E-state index in [1.165, 1.54) is 6.20 Å². The zero-order valence-electron chi connectivity index (χ0n) is 11.8. The lowest BCUT2D eigenvalue weighted by atomic mass is 10.1. The number of alkyl halides is 3. The normalized spacial score (nSPS) is 15.5. The number of hydrogen-bond acceptors (Lipinski definition) is 4. The number of aromatic nitrogens is 3. The number of halogens is 4. The van der Waals surface area contributed by atoms with E-state index >= 15 is 0 Å². The minimum Gasteiger partial charge on any atom is -0.303 e. The summed E-state index contributed by atoms with van der Waals surface area (Å²) in [5.41, 5.74) is -0.108. The second kappa shape index (κ2) is 5.73. The van der Waals surface area contributed by atoms with E-state index in [4.69, 9.17) is 0 Å². The highest BCUT2D eigenvalue weighted by atomic mass is 19.4. The van der Waals surface area contributed by atoms with Crippen LogP contribution in [0, 0.1) is 5.95 Å². The van der Waals surface area contributed by atoms with E-state index in [0.29, 0.717) is 12.1 Å². The van der Waals surface area contributed by atoms with E-state index in [9.17, 15) is 22.4 Å². The number of nitrogens with one attached hydrogen (secondary N) is 1. The zero-order valence-corrected chi connectivity index (χ0v) is 11.8. The molecule has 23 heavy (non-hydrogen) atoms. The van der Waals surface area contributed by atoms with Crippen LogP contribution in [0.1, 0.15) is 22.6 Å². The molecule has 0 aliphatic carbocycles. The average Bonchev–Trinajstić information content (AvgIpc) is 2.49. The fourth-order valence-electron chi connectivity index (χ4n) is 2.53. The molecule has 0 saturated heterocycles. The molecule has 1 aliphatic heterocycles. The van der Waals surface area contributed by atoms with Gasteiger partial charge in [-0.05, 0) is 6.07 Å². The van der Waals surface area contributed by atoms with Gasteiger partial charge in [-0.2, -0.15) is 17.6 Å². The molecule has 1 N–H and O–H groups in total. The minimum atomic E-state index is -4.69. The van der Waals surface area contributed by atoms with Crippen molar-refractivity contribution in [3.8, 4) is 0 Å². The first kappa shape index (κ1) is 15.6. The maximum atomic E-state index is 13.6. The first-order valence-corrected chi connectivity index (χ1v) is 6.85. The van der Waals surface area contributed by atoms with E-state index in [1.807, 2.05) is 0 Å². The third kappa shape index (κ3) is 3.24. The van der Waals surface area contributed by atoms with E-state index < -0.39 is 23.5 Å². The van der Waals surface area contributed by atoms with E-state index in [-0.39, 0.29) is 30.8 Å². The lowest BCUT2D eigenvalue weighted by Crippen LogP contribution is -2.36. The minimum absolute atomic E-state index is 0.115. The second-order valence-corrected chi connectivity index (χ2v) is 5.25. The van der Waals surface area contributed by atoms with Gasteiger partial charge in [0.05, 0.1) is 11.3 Å². The number of aromatic amines is 1. The molecule has 2 aromatic rings. The number of nitrogens with zero attached hydrogens (tertiary/aromatic N) is 3. The fraction of sp³-hybridized carbons (Fsp3) is 0.357. The summed E-state index contributed by atoms with van der Waals surface area (Å²) in [6.07, 6.45) is -3.16. The Hall–Kier alpha value is -2.29.